The molecule has 2 amide bonds. The molecular formula is C14H19ClN2O3. The van der Waals surface area contributed by atoms with E-state index in [1.54, 1.807) is 39.0 Å². The third-order valence-electron chi connectivity index (χ3n) is 2.50. The maximum atomic E-state index is 11.5. The fourth-order valence-corrected chi connectivity index (χ4v) is 1.32. The number of hydrazine groups is 1. The molecule has 0 spiro atoms. The minimum absolute atomic E-state index is 0.189. The second-order valence-corrected chi connectivity index (χ2v) is 5.86. The van der Waals surface area contributed by atoms with Gasteiger partial charge in [0.15, 0.2) is 6.61 Å². The van der Waals surface area contributed by atoms with Gasteiger partial charge in [-0.1, -0.05) is 32.4 Å². The molecule has 1 aromatic rings. The van der Waals surface area contributed by atoms with Gasteiger partial charge in [-0.25, -0.2) is 0 Å². The largest absolute Gasteiger partial charge is 0.484 e. The van der Waals surface area contributed by atoms with Gasteiger partial charge in [-0.15, -0.1) is 0 Å². The maximum Gasteiger partial charge on any atom is 0.276 e. The van der Waals surface area contributed by atoms with Crippen molar-refractivity contribution in [3.05, 3.63) is 28.8 Å². The van der Waals surface area contributed by atoms with Crippen molar-refractivity contribution in [1.29, 1.82) is 0 Å². The summed E-state index contributed by atoms with van der Waals surface area (Å²) in [6.45, 7) is 6.91. The zero-order valence-corrected chi connectivity index (χ0v) is 12.8. The van der Waals surface area contributed by atoms with E-state index in [0.29, 0.717) is 10.8 Å². The minimum atomic E-state index is -0.568. The van der Waals surface area contributed by atoms with E-state index in [2.05, 4.69) is 10.9 Å². The van der Waals surface area contributed by atoms with Crippen molar-refractivity contribution in [3.63, 3.8) is 0 Å². The Kier molecular flexibility index (Phi) is 5.39. The van der Waals surface area contributed by atoms with Crippen molar-refractivity contribution in [2.24, 2.45) is 5.41 Å². The topological polar surface area (TPSA) is 67.4 Å². The molecule has 0 radical (unpaired) electrons. The number of hydrogen-bond acceptors (Lipinski definition) is 3. The van der Waals surface area contributed by atoms with Gasteiger partial charge in [-0.3, -0.25) is 20.4 Å². The fraction of sp³-hybridized carbons (Fsp3) is 0.429. The summed E-state index contributed by atoms with van der Waals surface area (Å²) >= 11 is 5.89. The first-order valence-corrected chi connectivity index (χ1v) is 6.56. The molecule has 0 aliphatic carbocycles. The van der Waals surface area contributed by atoms with Gasteiger partial charge in [0.2, 0.25) is 5.91 Å². The first-order valence-electron chi connectivity index (χ1n) is 6.18. The van der Waals surface area contributed by atoms with Crippen molar-refractivity contribution in [2.75, 3.05) is 6.61 Å². The molecule has 5 nitrogen and oxygen atoms in total. The molecule has 0 aliphatic heterocycles. The summed E-state index contributed by atoms with van der Waals surface area (Å²) in [6.07, 6.45) is 0. The van der Waals surface area contributed by atoms with Crippen LogP contribution in [0.4, 0.5) is 0 Å². The second-order valence-electron chi connectivity index (χ2n) is 5.45. The molecule has 0 saturated heterocycles. The molecular weight excluding hydrogens is 280 g/mol. The summed E-state index contributed by atoms with van der Waals surface area (Å²) in [5.74, 6) is -0.160. The van der Waals surface area contributed by atoms with Crippen LogP contribution in [-0.2, 0) is 9.59 Å². The van der Waals surface area contributed by atoms with Crippen molar-refractivity contribution in [1.82, 2.24) is 10.9 Å². The number of hydrogen-bond donors (Lipinski definition) is 2. The average molecular weight is 299 g/mol. The first kappa shape index (κ1) is 16.3. The van der Waals surface area contributed by atoms with Crippen LogP contribution >= 0.6 is 11.6 Å². The molecule has 0 heterocycles. The lowest BCUT2D eigenvalue weighted by Crippen LogP contribution is -2.48. The van der Waals surface area contributed by atoms with E-state index in [4.69, 9.17) is 16.3 Å². The second kappa shape index (κ2) is 6.61. The number of rotatable bonds is 3. The molecule has 0 bridgehead atoms. The van der Waals surface area contributed by atoms with Crippen LogP contribution in [0.5, 0.6) is 5.75 Å². The summed E-state index contributed by atoms with van der Waals surface area (Å²) in [7, 11) is 0. The lowest BCUT2D eigenvalue weighted by Gasteiger charge is -2.18. The van der Waals surface area contributed by atoms with E-state index in [1.165, 1.54) is 0 Å². The predicted molar refractivity (Wildman–Crippen MR) is 77.4 cm³/mol. The minimum Gasteiger partial charge on any atom is -0.484 e. The van der Waals surface area contributed by atoms with Crippen LogP contribution in [0.15, 0.2) is 18.2 Å². The number of aryl methyl sites for hydroxylation is 1. The number of amides is 2. The summed E-state index contributed by atoms with van der Waals surface area (Å²) < 4.78 is 5.30. The third-order valence-corrected chi connectivity index (χ3v) is 2.92. The highest BCUT2D eigenvalue weighted by Crippen LogP contribution is 2.20. The molecule has 2 N–H and O–H groups in total. The molecule has 20 heavy (non-hydrogen) atoms. The van der Waals surface area contributed by atoms with Crippen molar-refractivity contribution in [3.8, 4) is 5.75 Å². The zero-order chi connectivity index (χ0) is 15.3. The highest BCUT2D eigenvalue weighted by Gasteiger charge is 2.21. The van der Waals surface area contributed by atoms with E-state index in [1.807, 2.05) is 6.92 Å². The van der Waals surface area contributed by atoms with Crippen LogP contribution < -0.4 is 15.6 Å². The van der Waals surface area contributed by atoms with Crippen LogP contribution in [0.1, 0.15) is 26.3 Å². The number of carbonyl (C=O) groups is 2. The van der Waals surface area contributed by atoms with Gasteiger partial charge in [-0.2, -0.15) is 0 Å². The van der Waals surface area contributed by atoms with Crippen molar-refractivity contribution >= 4 is 23.4 Å². The molecule has 1 rings (SSSR count). The summed E-state index contributed by atoms with van der Waals surface area (Å²) in [6, 6.07) is 5.12. The molecule has 0 atom stereocenters. The highest BCUT2D eigenvalue weighted by atomic mass is 35.5. The quantitative estimate of drug-likeness (QED) is 0.841. The Balaban J connectivity index is 2.40. The van der Waals surface area contributed by atoms with Crippen molar-refractivity contribution < 1.29 is 14.3 Å². The number of ether oxygens (including phenoxy) is 1. The van der Waals surface area contributed by atoms with E-state index >= 15 is 0 Å². The number of halogens is 1. The summed E-state index contributed by atoms with van der Waals surface area (Å²) in [5.41, 5.74) is 4.93. The first-order chi connectivity index (χ1) is 9.20. The zero-order valence-electron chi connectivity index (χ0n) is 12.0. The van der Waals surface area contributed by atoms with E-state index in [0.717, 1.165) is 5.56 Å². The summed E-state index contributed by atoms with van der Waals surface area (Å²) in [4.78, 5) is 23.1. The highest BCUT2D eigenvalue weighted by molar-refractivity contribution is 6.31. The van der Waals surface area contributed by atoms with Gasteiger partial charge in [0.25, 0.3) is 5.91 Å². The van der Waals surface area contributed by atoms with Crippen LogP contribution in [0, 0.1) is 12.3 Å². The number of benzene rings is 1. The standard InChI is InChI=1S/C14H19ClN2O3/c1-9-7-10(5-6-11(9)15)20-8-12(18)16-17-13(19)14(2,3)4/h5-7H,8H2,1-4H3,(H,16,18)(H,17,19). The van der Waals surface area contributed by atoms with Gasteiger partial charge in [0.05, 0.1) is 0 Å². The lowest BCUT2D eigenvalue weighted by molar-refractivity contribution is -0.134. The molecule has 6 heteroatoms. The van der Waals surface area contributed by atoms with E-state index in [9.17, 15) is 9.59 Å². The Hall–Kier alpha value is -1.75. The molecule has 0 fully saturated rings. The van der Waals surface area contributed by atoms with Crippen molar-refractivity contribution in [2.45, 2.75) is 27.7 Å². The van der Waals surface area contributed by atoms with E-state index < -0.39 is 11.3 Å². The molecule has 0 unspecified atom stereocenters. The molecule has 1 aromatic carbocycles. The Bertz CT molecular complexity index is 510. The van der Waals surface area contributed by atoms with E-state index in [-0.39, 0.29) is 12.5 Å². The SMILES string of the molecule is Cc1cc(OCC(=O)NNC(=O)C(C)(C)C)ccc1Cl. The maximum absolute atomic E-state index is 11.5. The molecule has 0 aliphatic rings. The fourth-order valence-electron chi connectivity index (χ4n) is 1.21. The third kappa shape index (κ3) is 5.09. The van der Waals surface area contributed by atoms with Gasteiger partial charge in [0, 0.05) is 10.4 Å². The molecule has 0 saturated carbocycles. The average Bonchev–Trinajstić information content (AvgIpc) is 2.36. The molecule has 110 valence electrons. The Labute approximate surface area is 123 Å². The monoisotopic (exact) mass is 298 g/mol. The van der Waals surface area contributed by atoms with Gasteiger partial charge in [0.1, 0.15) is 5.75 Å². The van der Waals surface area contributed by atoms with Crippen LogP contribution in [0.25, 0.3) is 0 Å². The van der Waals surface area contributed by atoms with Crippen LogP contribution in [0.3, 0.4) is 0 Å². The molecule has 0 aromatic heterocycles. The predicted octanol–water partition coefficient (Wildman–Crippen LogP) is 2.22. The van der Waals surface area contributed by atoms with Gasteiger partial charge >= 0.3 is 0 Å². The number of nitrogens with one attached hydrogen (secondary N) is 2. The Morgan fingerprint density at radius 3 is 2.45 bits per heavy atom. The summed E-state index contributed by atoms with van der Waals surface area (Å²) in [5, 5.41) is 0.638. The van der Waals surface area contributed by atoms with Gasteiger partial charge in [-0.05, 0) is 30.7 Å². The van der Waals surface area contributed by atoms with Gasteiger partial charge < -0.3 is 4.74 Å². The van der Waals surface area contributed by atoms with Crippen LogP contribution in [-0.4, -0.2) is 18.4 Å². The van der Waals surface area contributed by atoms with Crippen LogP contribution in [0.2, 0.25) is 5.02 Å². The Morgan fingerprint density at radius 1 is 1.25 bits per heavy atom. The lowest BCUT2D eigenvalue weighted by atomic mass is 9.96. The smallest absolute Gasteiger partial charge is 0.276 e. The number of carbonyl (C=O) groups excluding carboxylic acids is 2. The Morgan fingerprint density at radius 2 is 1.90 bits per heavy atom. The normalized spacial score (nSPS) is 10.8.